The largest absolute Gasteiger partial charge is 0.330 e. The molecule has 96 valence electrons. The summed E-state index contributed by atoms with van der Waals surface area (Å²) in [6.45, 7) is 2.75. The average Bonchev–Trinajstić information content (AvgIpc) is 2.70. The van der Waals surface area contributed by atoms with Gasteiger partial charge in [-0.25, -0.2) is 4.98 Å². The fourth-order valence-corrected chi connectivity index (χ4v) is 2.06. The van der Waals surface area contributed by atoms with E-state index in [0.29, 0.717) is 6.54 Å². The van der Waals surface area contributed by atoms with E-state index in [0.717, 1.165) is 30.9 Å². The Balaban J connectivity index is 2.02. The van der Waals surface area contributed by atoms with Gasteiger partial charge in [-0.3, -0.25) is 4.68 Å². The zero-order valence-electron chi connectivity index (χ0n) is 11.1. The molecule has 2 aromatic rings. The minimum absolute atomic E-state index is 0.615. The van der Waals surface area contributed by atoms with Gasteiger partial charge in [0.25, 0.3) is 0 Å². The van der Waals surface area contributed by atoms with Crippen LogP contribution in [0.4, 0.5) is 0 Å². The summed E-state index contributed by atoms with van der Waals surface area (Å²) in [6.07, 6.45) is 2.65. The average molecular weight is 244 g/mol. The Kier molecular flexibility index (Phi) is 4.10. The van der Waals surface area contributed by atoms with Gasteiger partial charge in [-0.15, -0.1) is 0 Å². The number of nitrogens with two attached hydrogens (primary N) is 1. The van der Waals surface area contributed by atoms with Gasteiger partial charge in [-0.05, 0) is 31.0 Å². The van der Waals surface area contributed by atoms with Crippen LogP contribution in [0.3, 0.4) is 0 Å². The maximum Gasteiger partial charge on any atom is 0.151 e. The normalized spacial score (nSPS) is 10.8. The van der Waals surface area contributed by atoms with E-state index in [2.05, 4.69) is 41.3 Å². The second kappa shape index (κ2) is 5.78. The molecule has 1 aromatic carbocycles. The van der Waals surface area contributed by atoms with Crippen molar-refractivity contribution in [1.82, 2.24) is 14.8 Å². The molecular formula is C14H20N4. The number of hydrogen-bond acceptors (Lipinski definition) is 3. The third-order valence-electron chi connectivity index (χ3n) is 3.14. The first kappa shape index (κ1) is 12.8. The Bertz CT molecular complexity index is 516. The van der Waals surface area contributed by atoms with Crippen molar-refractivity contribution < 1.29 is 0 Å². The first-order chi connectivity index (χ1) is 8.70. The number of nitrogens with zero attached hydrogens (tertiary/aromatic N) is 3. The lowest BCUT2D eigenvalue weighted by Crippen LogP contribution is -2.08. The van der Waals surface area contributed by atoms with E-state index in [-0.39, 0.29) is 0 Å². The van der Waals surface area contributed by atoms with Crippen LogP contribution < -0.4 is 5.73 Å². The topological polar surface area (TPSA) is 56.7 Å². The fourth-order valence-electron chi connectivity index (χ4n) is 2.06. The number of rotatable bonds is 5. The predicted octanol–water partition coefficient (Wildman–Crippen LogP) is 1.41. The summed E-state index contributed by atoms with van der Waals surface area (Å²) in [6, 6.07) is 8.45. The van der Waals surface area contributed by atoms with Crippen molar-refractivity contribution in [3.05, 3.63) is 47.0 Å². The Morgan fingerprint density at radius 3 is 2.67 bits per heavy atom. The van der Waals surface area contributed by atoms with E-state index in [9.17, 15) is 0 Å². The molecule has 18 heavy (non-hydrogen) atoms. The second-order valence-electron chi connectivity index (χ2n) is 4.53. The van der Waals surface area contributed by atoms with Gasteiger partial charge in [-0.1, -0.05) is 24.3 Å². The molecule has 0 unspecified atom stereocenters. The lowest BCUT2D eigenvalue weighted by molar-refractivity contribution is 0.687. The molecular weight excluding hydrogens is 224 g/mol. The van der Waals surface area contributed by atoms with Gasteiger partial charge in [0.2, 0.25) is 0 Å². The van der Waals surface area contributed by atoms with Gasteiger partial charge in [0.15, 0.2) is 5.82 Å². The van der Waals surface area contributed by atoms with Crippen LogP contribution in [-0.2, 0) is 26.3 Å². The van der Waals surface area contributed by atoms with Crippen molar-refractivity contribution in [2.24, 2.45) is 12.8 Å². The highest BCUT2D eigenvalue weighted by atomic mass is 15.3. The molecule has 4 nitrogen and oxygen atoms in total. The molecule has 2 N–H and O–H groups in total. The fraction of sp³-hybridized carbons (Fsp3) is 0.429. The molecule has 0 bridgehead atoms. The van der Waals surface area contributed by atoms with E-state index in [4.69, 9.17) is 5.73 Å². The summed E-state index contributed by atoms with van der Waals surface area (Å²) in [5.74, 6) is 1.88. The molecule has 4 heteroatoms. The molecule has 0 fully saturated rings. The van der Waals surface area contributed by atoms with Gasteiger partial charge in [0.1, 0.15) is 5.82 Å². The smallest absolute Gasteiger partial charge is 0.151 e. The van der Waals surface area contributed by atoms with E-state index < -0.39 is 0 Å². The summed E-state index contributed by atoms with van der Waals surface area (Å²) in [5.41, 5.74) is 8.24. The van der Waals surface area contributed by atoms with E-state index in [1.807, 2.05) is 11.7 Å². The summed E-state index contributed by atoms with van der Waals surface area (Å²) < 4.78 is 1.83. The molecule has 0 spiro atoms. The van der Waals surface area contributed by atoms with Gasteiger partial charge in [-0.2, -0.15) is 5.10 Å². The summed E-state index contributed by atoms with van der Waals surface area (Å²) in [4.78, 5) is 4.52. The summed E-state index contributed by atoms with van der Waals surface area (Å²) >= 11 is 0. The molecule has 0 atom stereocenters. The molecule has 1 aromatic heterocycles. The Labute approximate surface area is 108 Å². The lowest BCUT2D eigenvalue weighted by Gasteiger charge is -2.02. The van der Waals surface area contributed by atoms with Crippen LogP contribution in [0.5, 0.6) is 0 Å². The van der Waals surface area contributed by atoms with Crippen molar-refractivity contribution in [1.29, 1.82) is 0 Å². The van der Waals surface area contributed by atoms with Gasteiger partial charge in [0, 0.05) is 19.9 Å². The van der Waals surface area contributed by atoms with Crippen LogP contribution in [0, 0.1) is 6.92 Å². The third kappa shape index (κ3) is 2.96. The second-order valence-corrected chi connectivity index (χ2v) is 4.53. The van der Waals surface area contributed by atoms with Crippen molar-refractivity contribution >= 4 is 0 Å². The summed E-state index contributed by atoms with van der Waals surface area (Å²) in [7, 11) is 1.93. The van der Waals surface area contributed by atoms with Crippen molar-refractivity contribution in [2.45, 2.75) is 26.2 Å². The Hall–Kier alpha value is -1.68. The number of hydrogen-bond donors (Lipinski definition) is 1. The van der Waals surface area contributed by atoms with Crippen molar-refractivity contribution in [3.63, 3.8) is 0 Å². The van der Waals surface area contributed by atoms with Crippen LogP contribution >= 0.6 is 0 Å². The molecule has 0 aliphatic heterocycles. The molecule has 0 aliphatic carbocycles. The van der Waals surface area contributed by atoms with E-state index >= 15 is 0 Å². The highest BCUT2D eigenvalue weighted by molar-refractivity contribution is 5.26. The predicted molar refractivity (Wildman–Crippen MR) is 72.3 cm³/mol. The Morgan fingerprint density at radius 1 is 1.17 bits per heavy atom. The number of aryl methyl sites for hydroxylation is 4. The first-order valence-corrected chi connectivity index (χ1v) is 6.34. The monoisotopic (exact) mass is 244 g/mol. The zero-order chi connectivity index (χ0) is 13.0. The highest BCUT2D eigenvalue weighted by Crippen LogP contribution is 2.10. The first-order valence-electron chi connectivity index (χ1n) is 6.34. The molecule has 0 aliphatic rings. The zero-order valence-corrected chi connectivity index (χ0v) is 11.1. The van der Waals surface area contributed by atoms with Crippen LogP contribution in [0.2, 0.25) is 0 Å². The summed E-state index contributed by atoms with van der Waals surface area (Å²) in [5, 5.41) is 4.42. The molecule has 0 radical (unpaired) electrons. The van der Waals surface area contributed by atoms with Crippen LogP contribution in [-0.4, -0.2) is 21.3 Å². The lowest BCUT2D eigenvalue weighted by atomic mass is 10.0. The van der Waals surface area contributed by atoms with Crippen molar-refractivity contribution in [3.8, 4) is 0 Å². The molecule has 0 saturated heterocycles. The molecule has 1 heterocycles. The van der Waals surface area contributed by atoms with Crippen molar-refractivity contribution in [2.75, 3.05) is 6.54 Å². The minimum atomic E-state index is 0.615. The third-order valence-corrected chi connectivity index (χ3v) is 3.14. The number of benzene rings is 1. The molecule has 0 saturated carbocycles. The van der Waals surface area contributed by atoms with E-state index in [1.54, 1.807) is 0 Å². The SMILES string of the molecule is Cc1ccccc1CCc1nc(CCN)n(C)n1. The van der Waals surface area contributed by atoms with E-state index in [1.165, 1.54) is 11.1 Å². The molecule has 0 amide bonds. The maximum atomic E-state index is 5.54. The minimum Gasteiger partial charge on any atom is -0.330 e. The quantitative estimate of drug-likeness (QED) is 0.865. The highest BCUT2D eigenvalue weighted by Gasteiger charge is 2.07. The van der Waals surface area contributed by atoms with Crippen LogP contribution in [0.1, 0.15) is 22.8 Å². The Morgan fingerprint density at radius 2 is 1.94 bits per heavy atom. The van der Waals surface area contributed by atoms with Gasteiger partial charge >= 0.3 is 0 Å². The van der Waals surface area contributed by atoms with Crippen LogP contribution in [0.25, 0.3) is 0 Å². The van der Waals surface area contributed by atoms with Gasteiger partial charge < -0.3 is 5.73 Å². The van der Waals surface area contributed by atoms with Crippen LogP contribution in [0.15, 0.2) is 24.3 Å². The van der Waals surface area contributed by atoms with Gasteiger partial charge in [0.05, 0.1) is 0 Å². The maximum absolute atomic E-state index is 5.54. The molecule has 2 rings (SSSR count). The standard InChI is InChI=1S/C14H20N4/c1-11-5-3-4-6-12(11)7-8-13-16-14(9-10-15)18(2)17-13/h3-6H,7-10,15H2,1-2H3. The number of aromatic nitrogens is 3.